The SMILES string of the molecule is CCOC(=O)c1c(OCC(F)(F)F)c2cc(-c3ccc(F)nc3)c(CC)nc2n1C. The molecule has 0 unspecified atom stereocenters. The van der Waals surface area contributed by atoms with E-state index in [4.69, 9.17) is 9.47 Å². The minimum atomic E-state index is -4.60. The molecule has 0 aliphatic heterocycles. The molecule has 0 saturated heterocycles. The minimum Gasteiger partial charge on any atom is -0.481 e. The monoisotopic (exact) mass is 425 g/mol. The molecule has 160 valence electrons. The summed E-state index contributed by atoms with van der Waals surface area (Å²) in [6.07, 6.45) is -2.81. The lowest BCUT2D eigenvalue weighted by Crippen LogP contribution is -2.20. The number of alkyl halides is 3. The molecule has 0 atom stereocenters. The van der Waals surface area contributed by atoms with Gasteiger partial charge in [0.05, 0.1) is 17.7 Å². The number of ether oxygens (including phenoxy) is 2. The van der Waals surface area contributed by atoms with E-state index in [-0.39, 0.29) is 29.1 Å². The van der Waals surface area contributed by atoms with Crippen LogP contribution in [0, 0.1) is 5.95 Å². The summed E-state index contributed by atoms with van der Waals surface area (Å²) in [5, 5.41) is 0.210. The first-order valence-corrected chi connectivity index (χ1v) is 9.17. The van der Waals surface area contributed by atoms with Crippen molar-refractivity contribution in [3.05, 3.63) is 41.7 Å². The summed E-state index contributed by atoms with van der Waals surface area (Å²) in [6, 6.07) is 4.25. The van der Waals surface area contributed by atoms with Crippen LogP contribution in [0.5, 0.6) is 5.75 Å². The second kappa shape index (κ2) is 8.29. The van der Waals surface area contributed by atoms with Gasteiger partial charge in [-0.05, 0) is 31.5 Å². The smallest absolute Gasteiger partial charge is 0.422 e. The summed E-state index contributed by atoms with van der Waals surface area (Å²) in [6.45, 7) is 1.90. The summed E-state index contributed by atoms with van der Waals surface area (Å²) >= 11 is 0. The summed E-state index contributed by atoms with van der Waals surface area (Å²) in [4.78, 5) is 20.6. The van der Waals surface area contributed by atoms with E-state index in [1.54, 1.807) is 13.0 Å². The molecule has 0 bridgehead atoms. The molecular formula is C20H19F4N3O3. The van der Waals surface area contributed by atoms with Crippen molar-refractivity contribution in [3.8, 4) is 16.9 Å². The maximum absolute atomic E-state index is 13.2. The van der Waals surface area contributed by atoms with Gasteiger partial charge in [-0.2, -0.15) is 17.6 Å². The first kappa shape index (κ1) is 21.5. The van der Waals surface area contributed by atoms with Gasteiger partial charge in [0.1, 0.15) is 5.65 Å². The molecule has 0 amide bonds. The number of nitrogens with zero attached hydrogens (tertiary/aromatic N) is 3. The lowest BCUT2D eigenvalue weighted by Gasteiger charge is -2.11. The van der Waals surface area contributed by atoms with Gasteiger partial charge in [0.15, 0.2) is 18.1 Å². The van der Waals surface area contributed by atoms with Gasteiger partial charge in [0, 0.05) is 24.4 Å². The Morgan fingerprint density at radius 2 is 1.97 bits per heavy atom. The maximum Gasteiger partial charge on any atom is 0.422 e. The standard InChI is InChI=1S/C20H19F4N3O3/c1-4-14-12(11-6-7-15(21)25-9-11)8-13-17(30-10-20(22,23)24)16(19(28)29-5-2)27(3)18(13)26-14/h6-9H,4-5,10H2,1-3H3. The molecule has 3 aromatic heterocycles. The maximum atomic E-state index is 13.2. The molecule has 3 rings (SSSR count). The van der Waals surface area contributed by atoms with Crippen LogP contribution in [-0.2, 0) is 18.2 Å². The largest absolute Gasteiger partial charge is 0.481 e. The van der Waals surface area contributed by atoms with Gasteiger partial charge in [-0.1, -0.05) is 6.92 Å². The van der Waals surface area contributed by atoms with Crippen LogP contribution in [0.1, 0.15) is 30.0 Å². The fourth-order valence-corrected chi connectivity index (χ4v) is 3.13. The Labute approximate surface area is 169 Å². The molecule has 30 heavy (non-hydrogen) atoms. The predicted octanol–water partition coefficient (Wildman–Crippen LogP) is 4.45. The molecule has 0 aromatic carbocycles. The van der Waals surface area contributed by atoms with E-state index < -0.39 is 24.7 Å². The topological polar surface area (TPSA) is 66.2 Å². The number of carbonyl (C=O) groups excluding carboxylic acids is 1. The van der Waals surface area contributed by atoms with Crippen molar-refractivity contribution in [2.24, 2.45) is 7.05 Å². The second-order valence-electron chi connectivity index (χ2n) is 6.44. The molecule has 3 aromatic rings. The van der Waals surface area contributed by atoms with Gasteiger partial charge in [0.25, 0.3) is 0 Å². The van der Waals surface area contributed by atoms with E-state index in [9.17, 15) is 22.4 Å². The number of hydrogen-bond donors (Lipinski definition) is 0. The zero-order chi connectivity index (χ0) is 22.1. The number of carbonyl (C=O) groups is 1. The first-order chi connectivity index (χ1) is 14.2. The van der Waals surface area contributed by atoms with Gasteiger partial charge in [-0.25, -0.2) is 14.8 Å². The zero-order valence-corrected chi connectivity index (χ0v) is 16.5. The molecule has 0 saturated carbocycles. The van der Waals surface area contributed by atoms with Crippen LogP contribution in [-0.4, -0.2) is 39.9 Å². The zero-order valence-electron chi connectivity index (χ0n) is 16.5. The summed E-state index contributed by atoms with van der Waals surface area (Å²) in [5.41, 5.74) is 1.79. The highest BCUT2D eigenvalue weighted by molar-refractivity contribution is 6.01. The van der Waals surface area contributed by atoms with Gasteiger partial charge in [-0.3, -0.25) is 0 Å². The predicted molar refractivity (Wildman–Crippen MR) is 101 cm³/mol. The summed E-state index contributed by atoms with van der Waals surface area (Å²) in [5.74, 6) is -1.75. The van der Waals surface area contributed by atoms with E-state index in [0.717, 1.165) is 0 Å². The van der Waals surface area contributed by atoms with E-state index in [2.05, 4.69) is 9.97 Å². The van der Waals surface area contributed by atoms with Crippen LogP contribution in [0.3, 0.4) is 0 Å². The summed E-state index contributed by atoms with van der Waals surface area (Å²) in [7, 11) is 1.50. The van der Waals surface area contributed by atoms with E-state index in [1.165, 1.54) is 29.9 Å². The lowest BCUT2D eigenvalue weighted by molar-refractivity contribution is -0.153. The normalized spacial score (nSPS) is 11.7. The molecular weight excluding hydrogens is 406 g/mol. The van der Waals surface area contributed by atoms with Crippen molar-refractivity contribution in [2.75, 3.05) is 13.2 Å². The second-order valence-corrected chi connectivity index (χ2v) is 6.44. The van der Waals surface area contributed by atoms with Crippen LogP contribution in [0.15, 0.2) is 24.4 Å². The molecule has 0 fully saturated rings. The quantitative estimate of drug-likeness (QED) is 0.332. The van der Waals surface area contributed by atoms with Gasteiger partial charge in [0.2, 0.25) is 5.95 Å². The highest BCUT2D eigenvalue weighted by Gasteiger charge is 2.32. The van der Waals surface area contributed by atoms with Crippen LogP contribution in [0.25, 0.3) is 22.2 Å². The molecule has 0 spiro atoms. The van der Waals surface area contributed by atoms with E-state index in [0.29, 0.717) is 23.2 Å². The molecule has 0 aliphatic carbocycles. The number of aromatic nitrogens is 3. The summed E-state index contributed by atoms with van der Waals surface area (Å²) < 4.78 is 63.1. The molecule has 0 radical (unpaired) electrons. The average molecular weight is 425 g/mol. The Morgan fingerprint density at radius 1 is 1.23 bits per heavy atom. The number of pyridine rings is 2. The van der Waals surface area contributed by atoms with E-state index in [1.807, 2.05) is 6.92 Å². The third-order valence-corrected chi connectivity index (χ3v) is 4.42. The van der Waals surface area contributed by atoms with Gasteiger partial charge in [-0.15, -0.1) is 0 Å². The number of fused-ring (bicyclic) bond motifs is 1. The number of halogens is 4. The Balaban J connectivity index is 2.26. The molecule has 6 nitrogen and oxygen atoms in total. The van der Waals surface area contributed by atoms with Gasteiger partial charge >= 0.3 is 12.1 Å². The Bertz CT molecular complexity index is 1080. The van der Waals surface area contributed by atoms with Crippen molar-refractivity contribution in [3.63, 3.8) is 0 Å². The number of hydrogen-bond acceptors (Lipinski definition) is 5. The number of esters is 1. The number of rotatable bonds is 6. The Morgan fingerprint density at radius 3 is 2.53 bits per heavy atom. The van der Waals surface area contributed by atoms with Crippen molar-refractivity contribution in [2.45, 2.75) is 26.4 Å². The van der Waals surface area contributed by atoms with Crippen molar-refractivity contribution in [1.29, 1.82) is 0 Å². The first-order valence-electron chi connectivity index (χ1n) is 9.17. The van der Waals surface area contributed by atoms with Crippen LogP contribution >= 0.6 is 0 Å². The van der Waals surface area contributed by atoms with Crippen LogP contribution in [0.2, 0.25) is 0 Å². The third-order valence-electron chi connectivity index (χ3n) is 4.42. The van der Waals surface area contributed by atoms with E-state index >= 15 is 0 Å². The molecule has 0 N–H and O–H groups in total. The average Bonchev–Trinajstić information content (AvgIpc) is 2.97. The highest BCUT2D eigenvalue weighted by atomic mass is 19.4. The lowest BCUT2D eigenvalue weighted by atomic mass is 10.0. The van der Waals surface area contributed by atoms with Crippen LogP contribution < -0.4 is 4.74 Å². The molecule has 10 heteroatoms. The molecule has 0 aliphatic rings. The van der Waals surface area contributed by atoms with Gasteiger partial charge < -0.3 is 14.0 Å². The number of aryl methyl sites for hydroxylation is 2. The fraction of sp³-hybridized carbons (Fsp3) is 0.350. The Kier molecular flexibility index (Phi) is 5.95. The fourth-order valence-electron chi connectivity index (χ4n) is 3.13. The Hall–Kier alpha value is -3.17. The minimum absolute atomic E-state index is 0.0409. The van der Waals surface area contributed by atoms with Crippen molar-refractivity contribution < 1.29 is 31.8 Å². The molecule has 3 heterocycles. The van der Waals surface area contributed by atoms with Crippen molar-refractivity contribution >= 4 is 17.0 Å². The highest BCUT2D eigenvalue weighted by Crippen LogP contribution is 2.37. The third kappa shape index (κ3) is 4.22. The van der Waals surface area contributed by atoms with Crippen molar-refractivity contribution in [1.82, 2.24) is 14.5 Å². The van der Waals surface area contributed by atoms with Crippen LogP contribution in [0.4, 0.5) is 17.6 Å².